The summed E-state index contributed by atoms with van der Waals surface area (Å²) in [7, 11) is 0. The fraction of sp³-hybridized carbons (Fsp3) is 0.188. The largest absolute Gasteiger partial charge is 0.504 e. The van der Waals surface area contributed by atoms with E-state index in [1.54, 1.807) is 0 Å². The average Bonchev–Trinajstić information content (AvgIpc) is 2.78. The van der Waals surface area contributed by atoms with Gasteiger partial charge >= 0.3 is 0 Å². The van der Waals surface area contributed by atoms with E-state index in [0.717, 1.165) is 11.1 Å². The quantitative estimate of drug-likeness (QED) is 0.590. The molecule has 1 aliphatic rings. The van der Waals surface area contributed by atoms with Crippen LogP contribution in [0.15, 0.2) is 42.5 Å². The predicted molar refractivity (Wildman–Crippen MR) is 79.8 cm³/mol. The molecule has 5 heteroatoms. The monoisotopic (exact) mass is 303 g/mol. The first kappa shape index (κ1) is 13.8. The zero-order chi connectivity index (χ0) is 15.0. The molecular formula is C16H14ClNO3. The number of carbonyl (C=O) groups is 1. The van der Waals surface area contributed by atoms with E-state index in [4.69, 9.17) is 11.6 Å². The van der Waals surface area contributed by atoms with Crippen molar-refractivity contribution >= 4 is 17.5 Å². The van der Waals surface area contributed by atoms with Gasteiger partial charge in [0.2, 0.25) is 0 Å². The number of alkyl halides is 1. The molecule has 3 rings (SSSR count). The summed E-state index contributed by atoms with van der Waals surface area (Å²) >= 11 is 6.32. The maximum atomic E-state index is 12.3. The van der Waals surface area contributed by atoms with Crippen LogP contribution in [0.25, 0.3) is 0 Å². The van der Waals surface area contributed by atoms with E-state index in [1.807, 2.05) is 24.3 Å². The van der Waals surface area contributed by atoms with Gasteiger partial charge in [-0.1, -0.05) is 30.3 Å². The minimum absolute atomic E-state index is 0.0308. The molecule has 0 fully saturated rings. The van der Waals surface area contributed by atoms with Gasteiger partial charge in [0.25, 0.3) is 5.91 Å². The van der Waals surface area contributed by atoms with E-state index in [1.165, 1.54) is 18.2 Å². The molecule has 21 heavy (non-hydrogen) atoms. The summed E-state index contributed by atoms with van der Waals surface area (Å²) in [6.07, 6.45) is 0.689. The molecule has 4 nitrogen and oxygen atoms in total. The van der Waals surface area contributed by atoms with Gasteiger partial charge in [0.15, 0.2) is 11.5 Å². The minimum Gasteiger partial charge on any atom is -0.504 e. The lowest BCUT2D eigenvalue weighted by Gasteiger charge is -2.18. The highest BCUT2D eigenvalue weighted by Gasteiger charge is 2.32. The molecule has 1 aliphatic carbocycles. The summed E-state index contributed by atoms with van der Waals surface area (Å²) in [5.74, 6) is -1.21. The van der Waals surface area contributed by atoms with Crippen LogP contribution in [0.4, 0.5) is 0 Å². The smallest absolute Gasteiger partial charge is 0.255 e. The lowest BCUT2D eigenvalue weighted by molar-refractivity contribution is 0.0934. The first-order valence-electron chi connectivity index (χ1n) is 6.61. The lowest BCUT2D eigenvalue weighted by atomic mass is 10.1. The van der Waals surface area contributed by atoms with Crippen molar-refractivity contribution in [3.63, 3.8) is 0 Å². The van der Waals surface area contributed by atoms with Crippen molar-refractivity contribution in [2.45, 2.75) is 17.8 Å². The minimum atomic E-state index is -0.462. The van der Waals surface area contributed by atoms with Gasteiger partial charge in [-0.25, -0.2) is 0 Å². The number of para-hydroxylation sites is 1. The summed E-state index contributed by atoms with van der Waals surface area (Å²) in [6.45, 7) is 0. The Balaban J connectivity index is 1.87. The number of halogens is 1. The van der Waals surface area contributed by atoms with Crippen LogP contribution < -0.4 is 5.32 Å². The number of hydrogen-bond acceptors (Lipinski definition) is 3. The second-order valence-electron chi connectivity index (χ2n) is 5.04. The topological polar surface area (TPSA) is 69.6 Å². The zero-order valence-electron chi connectivity index (χ0n) is 11.1. The molecule has 0 aromatic heterocycles. The molecule has 108 valence electrons. The van der Waals surface area contributed by atoms with Crippen LogP contribution in [0.5, 0.6) is 11.5 Å². The van der Waals surface area contributed by atoms with Gasteiger partial charge in [-0.2, -0.15) is 0 Å². The van der Waals surface area contributed by atoms with Gasteiger partial charge in [0.1, 0.15) is 0 Å². The maximum absolute atomic E-state index is 12.3. The van der Waals surface area contributed by atoms with Crippen LogP contribution in [-0.4, -0.2) is 21.5 Å². The van der Waals surface area contributed by atoms with Crippen LogP contribution in [0, 0.1) is 0 Å². The van der Waals surface area contributed by atoms with E-state index in [9.17, 15) is 15.0 Å². The lowest BCUT2D eigenvalue weighted by Crippen LogP contribution is -2.31. The average molecular weight is 304 g/mol. The third kappa shape index (κ3) is 2.43. The summed E-state index contributed by atoms with van der Waals surface area (Å²) in [5, 5.41) is 21.8. The Bertz CT molecular complexity index is 702. The maximum Gasteiger partial charge on any atom is 0.255 e. The fourth-order valence-corrected chi connectivity index (χ4v) is 3.01. The summed E-state index contributed by atoms with van der Waals surface area (Å²) in [4.78, 5) is 12.3. The summed E-state index contributed by atoms with van der Waals surface area (Å²) in [5.41, 5.74) is 2.14. The first-order valence-corrected chi connectivity index (χ1v) is 7.05. The number of fused-ring (bicyclic) bond motifs is 1. The van der Waals surface area contributed by atoms with Crippen molar-refractivity contribution in [3.8, 4) is 11.5 Å². The van der Waals surface area contributed by atoms with Crippen molar-refractivity contribution in [1.29, 1.82) is 0 Å². The SMILES string of the molecule is O=C(NC1c2ccccc2CC1Cl)c1cccc(O)c1O. The van der Waals surface area contributed by atoms with Crippen LogP contribution in [0.1, 0.15) is 27.5 Å². The van der Waals surface area contributed by atoms with E-state index in [0.29, 0.717) is 6.42 Å². The second-order valence-corrected chi connectivity index (χ2v) is 5.60. The van der Waals surface area contributed by atoms with Gasteiger partial charge in [-0.3, -0.25) is 4.79 Å². The van der Waals surface area contributed by atoms with E-state index in [-0.39, 0.29) is 22.7 Å². The molecule has 0 aliphatic heterocycles. The summed E-state index contributed by atoms with van der Waals surface area (Å²) < 4.78 is 0. The van der Waals surface area contributed by atoms with Gasteiger partial charge in [-0.05, 0) is 29.7 Å². The Morgan fingerprint density at radius 3 is 2.71 bits per heavy atom. The van der Waals surface area contributed by atoms with Gasteiger partial charge in [-0.15, -0.1) is 11.6 Å². The highest BCUT2D eigenvalue weighted by Crippen LogP contribution is 2.35. The molecule has 0 radical (unpaired) electrons. The number of rotatable bonds is 2. The highest BCUT2D eigenvalue weighted by atomic mass is 35.5. The number of amides is 1. The van der Waals surface area contributed by atoms with Gasteiger partial charge in [0.05, 0.1) is 17.0 Å². The fourth-order valence-electron chi connectivity index (χ4n) is 2.65. The highest BCUT2D eigenvalue weighted by molar-refractivity contribution is 6.21. The normalized spacial score (nSPS) is 20.0. The van der Waals surface area contributed by atoms with Crippen LogP contribution in [0.3, 0.4) is 0 Å². The van der Waals surface area contributed by atoms with Crippen LogP contribution in [0.2, 0.25) is 0 Å². The molecule has 0 heterocycles. The predicted octanol–water partition coefficient (Wildman–Crippen LogP) is 2.73. The first-order chi connectivity index (χ1) is 10.1. The molecule has 1 amide bonds. The number of carbonyl (C=O) groups excluding carboxylic acids is 1. The molecular weight excluding hydrogens is 290 g/mol. The Hall–Kier alpha value is -2.20. The van der Waals surface area contributed by atoms with Gasteiger partial charge in [0, 0.05) is 0 Å². The zero-order valence-corrected chi connectivity index (χ0v) is 11.8. The molecule has 2 aromatic carbocycles. The molecule has 0 saturated carbocycles. The van der Waals surface area contributed by atoms with Crippen molar-refractivity contribution in [2.24, 2.45) is 0 Å². The van der Waals surface area contributed by atoms with Crippen molar-refractivity contribution in [2.75, 3.05) is 0 Å². The Labute approximate surface area is 127 Å². The summed E-state index contributed by atoms with van der Waals surface area (Å²) in [6, 6.07) is 11.7. The molecule has 2 atom stereocenters. The van der Waals surface area contributed by atoms with Crippen LogP contribution >= 0.6 is 11.6 Å². The van der Waals surface area contributed by atoms with Gasteiger partial charge < -0.3 is 15.5 Å². The van der Waals surface area contributed by atoms with Crippen molar-refractivity contribution in [1.82, 2.24) is 5.32 Å². The van der Waals surface area contributed by atoms with Crippen molar-refractivity contribution in [3.05, 3.63) is 59.2 Å². The Kier molecular flexibility index (Phi) is 3.47. The Morgan fingerprint density at radius 1 is 1.14 bits per heavy atom. The molecule has 3 N–H and O–H groups in total. The number of benzene rings is 2. The standard InChI is InChI=1S/C16H14ClNO3/c17-12-8-9-4-1-2-5-10(9)14(12)18-16(21)11-6-3-7-13(19)15(11)20/h1-7,12,14,19-20H,8H2,(H,18,21). The molecule has 2 aromatic rings. The number of phenolic OH excluding ortho intramolecular Hbond substituents is 2. The number of aromatic hydroxyl groups is 2. The molecule has 0 saturated heterocycles. The second kappa shape index (κ2) is 5.30. The number of hydrogen-bond donors (Lipinski definition) is 3. The molecule has 0 spiro atoms. The van der Waals surface area contributed by atoms with Crippen LogP contribution in [-0.2, 0) is 6.42 Å². The Morgan fingerprint density at radius 2 is 1.90 bits per heavy atom. The number of phenols is 2. The van der Waals surface area contributed by atoms with E-state index < -0.39 is 11.7 Å². The third-order valence-corrected chi connectivity index (χ3v) is 4.12. The van der Waals surface area contributed by atoms with Crippen molar-refractivity contribution < 1.29 is 15.0 Å². The van der Waals surface area contributed by atoms with E-state index >= 15 is 0 Å². The molecule has 2 unspecified atom stereocenters. The molecule has 0 bridgehead atoms. The number of nitrogens with one attached hydrogen (secondary N) is 1. The third-order valence-electron chi connectivity index (χ3n) is 3.71. The van der Waals surface area contributed by atoms with E-state index in [2.05, 4.69) is 5.32 Å².